The van der Waals surface area contributed by atoms with Crippen LogP contribution in [0.25, 0.3) is 16.0 Å². The normalized spacial score (nSPS) is 11.0. The number of fused-ring (bicyclic) bond motifs is 1. The highest BCUT2D eigenvalue weighted by molar-refractivity contribution is 7.73. The summed E-state index contributed by atoms with van der Waals surface area (Å²) in [6, 6.07) is 9.73. The third-order valence-corrected chi connectivity index (χ3v) is 4.20. The van der Waals surface area contributed by atoms with E-state index in [4.69, 9.17) is 12.2 Å². The number of H-pyrrole nitrogens is 1. The summed E-state index contributed by atoms with van der Waals surface area (Å²) in [6.07, 6.45) is 0.683. The predicted molar refractivity (Wildman–Crippen MR) is 79.8 cm³/mol. The van der Waals surface area contributed by atoms with E-state index < -0.39 is 0 Å². The summed E-state index contributed by atoms with van der Waals surface area (Å²) in [5.74, 6) is 0.676. The number of benzene rings is 1. The van der Waals surface area contributed by atoms with Crippen LogP contribution in [0.3, 0.4) is 0 Å². The monoisotopic (exact) mass is 289 g/mol. The summed E-state index contributed by atoms with van der Waals surface area (Å²) in [6.45, 7) is 1.96. The summed E-state index contributed by atoms with van der Waals surface area (Å²) in [7, 11) is 0. The molecule has 2 aromatic heterocycles. The zero-order valence-electron chi connectivity index (χ0n) is 10.2. The van der Waals surface area contributed by atoms with Crippen LogP contribution in [0.4, 0.5) is 0 Å². The Balaban J connectivity index is 2.43. The lowest BCUT2D eigenvalue weighted by atomic mass is 10.3. The highest BCUT2D eigenvalue weighted by Gasteiger charge is 2.12. The van der Waals surface area contributed by atoms with Crippen molar-refractivity contribution in [2.45, 2.75) is 13.3 Å². The molecule has 0 saturated carbocycles. The number of para-hydroxylation sites is 1. The van der Waals surface area contributed by atoms with Gasteiger partial charge in [0.05, 0.1) is 0 Å². The molecule has 1 N–H and O–H groups in total. The Kier molecular flexibility index (Phi) is 3.04. The molecule has 0 amide bonds. The first-order valence-electron chi connectivity index (χ1n) is 5.91. The lowest BCUT2D eigenvalue weighted by Crippen LogP contribution is -2.11. The van der Waals surface area contributed by atoms with E-state index in [0.29, 0.717) is 26.5 Å². The fourth-order valence-electron chi connectivity index (χ4n) is 1.93. The molecule has 3 rings (SSSR count). The fourth-order valence-corrected chi connectivity index (χ4v) is 3.20. The molecule has 0 fully saturated rings. The Morgan fingerprint density at radius 1 is 1.37 bits per heavy atom. The number of hydrogen-bond acceptors (Lipinski definition) is 4. The first-order chi connectivity index (χ1) is 9.20. The SMILES string of the molecule is CCc1nc2c(sc(=S)n2-c2ccccc2)c(=O)[nH]1. The van der Waals surface area contributed by atoms with E-state index in [-0.39, 0.29) is 5.56 Å². The number of nitrogens with zero attached hydrogens (tertiary/aromatic N) is 2. The van der Waals surface area contributed by atoms with E-state index in [2.05, 4.69) is 9.97 Å². The Bertz CT molecular complexity index is 846. The summed E-state index contributed by atoms with van der Waals surface area (Å²) in [5, 5.41) is 0. The minimum absolute atomic E-state index is 0.118. The maximum absolute atomic E-state index is 12.0. The smallest absolute Gasteiger partial charge is 0.270 e. The maximum atomic E-state index is 12.0. The maximum Gasteiger partial charge on any atom is 0.270 e. The molecule has 0 atom stereocenters. The van der Waals surface area contributed by atoms with Crippen molar-refractivity contribution in [2.75, 3.05) is 0 Å². The zero-order chi connectivity index (χ0) is 13.4. The third-order valence-electron chi connectivity index (χ3n) is 2.84. The third kappa shape index (κ3) is 2.02. The first-order valence-corrected chi connectivity index (χ1v) is 7.13. The van der Waals surface area contributed by atoms with Crippen molar-refractivity contribution in [1.82, 2.24) is 14.5 Å². The van der Waals surface area contributed by atoms with Crippen LogP contribution in [0.2, 0.25) is 0 Å². The molecule has 96 valence electrons. The van der Waals surface area contributed by atoms with Crippen molar-refractivity contribution in [2.24, 2.45) is 0 Å². The minimum Gasteiger partial charge on any atom is -0.309 e. The second-order valence-electron chi connectivity index (χ2n) is 4.06. The number of rotatable bonds is 2. The molecule has 0 saturated heterocycles. The van der Waals surface area contributed by atoms with Crippen LogP contribution in [0.1, 0.15) is 12.7 Å². The Morgan fingerprint density at radius 3 is 2.79 bits per heavy atom. The van der Waals surface area contributed by atoms with Crippen LogP contribution in [-0.2, 0) is 6.42 Å². The number of nitrogens with one attached hydrogen (secondary N) is 1. The van der Waals surface area contributed by atoms with E-state index in [1.165, 1.54) is 11.3 Å². The van der Waals surface area contributed by atoms with Crippen LogP contribution < -0.4 is 5.56 Å². The molecule has 0 radical (unpaired) electrons. The van der Waals surface area contributed by atoms with Gasteiger partial charge in [-0.3, -0.25) is 9.36 Å². The van der Waals surface area contributed by atoms with Gasteiger partial charge in [-0.15, -0.1) is 0 Å². The van der Waals surface area contributed by atoms with E-state index >= 15 is 0 Å². The second-order valence-corrected chi connectivity index (χ2v) is 5.70. The number of aromatic nitrogens is 3. The molecular weight excluding hydrogens is 278 g/mol. The molecule has 0 spiro atoms. The van der Waals surface area contributed by atoms with Crippen LogP contribution >= 0.6 is 23.6 Å². The summed E-state index contributed by atoms with van der Waals surface area (Å²) >= 11 is 6.65. The minimum atomic E-state index is -0.118. The van der Waals surface area contributed by atoms with Gasteiger partial charge in [0.15, 0.2) is 9.60 Å². The van der Waals surface area contributed by atoms with Gasteiger partial charge in [0.25, 0.3) is 5.56 Å². The molecule has 0 aliphatic carbocycles. The highest BCUT2D eigenvalue weighted by Crippen LogP contribution is 2.22. The quantitative estimate of drug-likeness (QED) is 0.738. The first kappa shape index (κ1) is 12.3. The highest BCUT2D eigenvalue weighted by atomic mass is 32.1. The van der Waals surface area contributed by atoms with E-state index in [0.717, 1.165) is 5.69 Å². The van der Waals surface area contributed by atoms with Gasteiger partial charge >= 0.3 is 0 Å². The summed E-state index contributed by atoms with van der Waals surface area (Å²) < 4.78 is 3.06. The van der Waals surface area contributed by atoms with Gasteiger partial charge in [-0.1, -0.05) is 36.5 Å². The average molecular weight is 289 g/mol. The molecule has 0 aliphatic heterocycles. The van der Waals surface area contributed by atoms with Crippen LogP contribution in [0.5, 0.6) is 0 Å². The van der Waals surface area contributed by atoms with Crippen molar-refractivity contribution in [3.8, 4) is 5.69 Å². The number of thiazole rings is 1. The van der Waals surface area contributed by atoms with Gasteiger partial charge in [-0.25, -0.2) is 4.98 Å². The molecule has 0 aliphatic rings. The van der Waals surface area contributed by atoms with Gasteiger partial charge < -0.3 is 4.98 Å². The molecule has 19 heavy (non-hydrogen) atoms. The van der Waals surface area contributed by atoms with Crippen LogP contribution in [0.15, 0.2) is 35.1 Å². The lowest BCUT2D eigenvalue weighted by Gasteiger charge is -2.04. The molecule has 4 nitrogen and oxygen atoms in total. The summed E-state index contributed by atoms with van der Waals surface area (Å²) in [5.41, 5.74) is 1.45. The fraction of sp³-hybridized carbons (Fsp3) is 0.154. The van der Waals surface area contributed by atoms with Gasteiger partial charge in [0, 0.05) is 12.1 Å². The van der Waals surface area contributed by atoms with E-state index in [1.54, 1.807) is 0 Å². The van der Waals surface area contributed by atoms with Gasteiger partial charge in [-0.2, -0.15) is 0 Å². The molecule has 0 bridgehead atoms. The van der Waals surface area contributed by atoms with Crippen molar-refractivity contribution in [3.05, 3.63) is 50.5 Å². The number of hydrogen-bond donors (Lipinski definition) is 1. The Labute approximate surface area is 118 Å². The summed E-state index contributed by atoms with van der Waals surface area (Å²) in [4.78, 5) is 19.3. The van der Waals surface area contributed by atoms with Crippen LogP contribution in [0, 0.1) is 3.95 Å². The number of aryl methyl sites for hydroxylation is 1. The molecular formula is C13H11N3OS2. The van der Waals surface area contributed by atoms with Crippen molar-refractivity contribution in [1.29, 1.82) is 0 Å². The van der Waals surface area contributed by atoms with Crippen molar-refractivity contribution >= 4 is 33.9 Å². The second kappa shape index (κ2) is 4.71. The lowest BCUT2D eigenvalue weighted by molar-refractivity contribution is 0.926. The van der Waals surface area contributed by atoms with E-state index in [1.807, 2.05) is 41.8 Å². The van der Waals surface area contributed by atoms with Crippen LogP contribution in [-0.4, -0.2) is 14.5 Å². The molecule has 6 heteroatoms. The standard InChI is InChI=1S/C13H11N3OS2/c1-2-9-14-11-10(12(17)15-9)19-13(18)16(11)8-6-4-3-5-7-8/h3-7H,2H2,1H3,(H,14,15,17). The van der Waals surface area contributed by atoms with Gasteiger partial charge in [-0.05, 0) is 24.4 Å². The van der Waals surface area contributed by atoms with Gasteiger partial charge in [0.1, 0.15) is 10.5 Å². The molecule has 3 aromatic rings. The molecule has 1 aromatic carbocycles. The molecule has 2 heterocycles. The van der Waals surface area contributed by atoms with Crippen molar-refractivity contribution < 1.29 is 0 Å². The zero-order valence-corrected chi connectivity index (χ0v) is 11.8. The average Bonchev–Trinajstić information content (AvgIpc) is 2.76. The van der Waals surface area contributed by atoms with Gasteiger partial charge in [0.2, 0.25) is 0 Å². The van der Waals surface area contributed by atoms with Crippen molar-refractivity contribution in [3.63, 3.8) is 0 Å². The topological polar surface area (TPSA) is 50.7 Å². The van der Waals surface area contributed by atoms with E-state index in [9.17, 15) is 4.79 Å². The molecule has 0 unspecified atom stereocenters. The predicted octanol–water partition coefficient (Wildman–Crippen LogP) is 3.07. The Morgan fingerprint density at radius 2 is 2.11 bits per heavy atom. The Hall–Kier alpha value is -1.79. The number of aromatic amines is 1. The largest absolute Gasteiger partial charge is 0.309 e.